The predicted molar refractivity (Wildman–Crippen MR) is 90.9 cm³/mol. The van der Waals surface area contributed by atoms with Crippen molar-refractivity contribution in [2.75, 3.05) is 0 Å². The Bertz CT molecular complexity index is 793. The largest absolute Gasteiger partial charge is 0.213 e. The SMILES string of the molecule is CCC(C)c1nc(-c2csnc2C)n(-c2cccc(Cl)c2)n1. The predicted octanol–water partition coefficient (Wildman–Crippen LogP) is 4.87. The van der Waals surface area contributed by atoms with Crippen LogP contribution in [-0.2, 0) is 0 Å². The number of hydrogen-bond acceptors (Lipinski definition) is 4. The van der Waals surface area contributed by atoms with E-state index in [0.717, 1.165) is 35.0 Å². The maximum absolute atomic E-state index is 6.13. The summed E-state index contributed by atoms with van der Waals surface area (Å²) < 4.78 is 6.22. The van der Waals surface area contributed by atoms with Crippen molar-refractivity contribution in [3.8, 4) is 17.1 Å². The van der Waals surface area contributed by atoms with Gasteiger partial charge in [0.05, 0.1) is 16.9 Å². The zero-order valence-electron chi connectivity index (χ0n) is 12.7. The molecule has 1 aromatic carbocycles. The monoisotopic (exact) mass is 332 g/mol. The van der Waals surface area contributed by atoms with E-state index in [1.165, 1.54) is 11.5 Å². The van der Waals surface area contributed by atoms with Crippen LogP contribution in [0.25, 0.3) is 17.1 Å². The van der Waals surface area contributed by atoms with E-state index >= 15 is 0 Å². The van der Waals surface area contributed by atoms with Crippen molar-refractivity contribution in [3.05, 3.63) is 46.2 Å². The number of benzene rings is 1. The molecule has 0 aliphatic carbocycles. The maximum atomic E-state index is 6.13. The van der Waals surface area contributed by atoms with Crippen LogP contribution in [0.3, 0.4) is 0 Å². The second kappa shape index (κ2) is 6.18. The van der Waals surface area contributed by atoms with E-state index in [4.69, 9.17) is 21.7 Å². The van der Waals surface area contributed by atoms with Crippen molar-refractivity contribution in [3.63, 3.8) is 0 Å². The molecule has 6 heteroatoms. The Balaban J connectivity index is 2.19. The standard InChI is InChI=1S/C16H17ClN4S/c1-4-10(2)15-18-16(14-9-22-20-11(14)3)21(19-15)13-7-5-6-12(17)8-13/h5-10H,4H2,1-3H3. The molecule has 0 aliphatic heterocycles. The molecule has 4 nitrogen and oxygen atoms in total. The van der Waals surface area contributed by atoms with Gasteiger partial charge < -0.3 is 0 Å². The summed E-state index contributed by atoms with van der Waals surface area (Å²) in [6, 6.07) is 7.66. The molecule has 0 saturated heterocycles. The normalized spacial score (nSPS) is 12.5. The van der Waals surface area contributed by atoms with Crippen molar-refractivity contribution in [2.24, 2.45) is 0 Å². The molecule has 1 unspecified atom stereocenters. The molecule has 0 radical (unpaired) electrons. The summed E-state index contributed by atoms with van der Waals surface area (Å²) in [4.78, 5) is 4.77. The average Bonchev–Trinajstić information content (AvgIpc) is 3.12. The minimum Gasteiger partial charge on any atom is -0.213 e. The lowest BCUT2D eigenvalue weighted by Crippen LogP contribution is -2.01. The lowest BCUT2D eigenvalue weighted by molar-refractivity contribution is 0.672. The molecule has 114 valence electrons. The van der Waals surface area contributed by atoms with E-state index in [9.17, 15) is 0 Å². The highest BCUT2D eigenvalue weighted by Gasteiger charge is 2.19. The molecular formula is C16H17ClN4S. The number of halogens is 1. The van der Waals surface area contributed by atoms with Crippen LogP contribution in [-0.4, -0.2) is 19.1 Å². The van der Waals surface area contributed by atoms with Gasteiger partial charge in [0.2, 0.25) is 0 Å². The van der Waals surface area contributed by atoms with Crippen LogP contribution in [0.2, 0.25) is 5.02 Å². The third kappa shape index (κ3) is 2.78. The summed E-state index contributed by atoms with van der Waals surface area (Å²) in [5.41, 5.74) is 2.90. The maximum Gasteiger partial charge on any atom is 0.166 e. The van der Waals surface area contributed by atoms with E-state index in [1.807, 2.05) is 41.3 Å². The Labute approximate surface area is 139 Å². The van der Waals surface area contributed by atoms with Gasteiger partial charge in [0.15, 0.2) is 11.6 Å². The van der Waals surface area contributed by atoms with Crippen LogP contribution in [0, 0.1) is 6.92 Å². The van der Waals surface area contributed by atoms with Gasteiger partial charge in [-0.05, 0) is 43.1 Å². The summed E-state index contributed by atoms with van der Waals surface area (Å²) in [5.74, 6) is 1.98. The third-order valence-electron chi connectivity index (χ3n) is 3.72. The van der Waals surface area contributed by atoms with Gasteiger partial charge in [-0.15, -0.1) is 0 Å². The zero-order chi connectivity index (χ0) is 15.7. The number of hydrogen-bond donors (Lipinski definition) is 0. The van der Waals surface area contributed by atoms with Crippen LogP contribution in [0.1, 0.15) is 37.7 Å². The highest BCUT2D eigenvalue weighted by Crippen LogP contribution is 2.28. The second-order valence-electron chi connectivity index (χ2n) is 5.31. The fourth-order valence-corrected chi connectivity index (χ4v) is 3.06. The highest BCUT2D eigenvalue weighted by molar-refractivity contribution is 7.04. The Morgan fingerprint density at radius 2 is 2.18 bits per heavy atom. The fraction of sp³-hybridized carbons (Fsp3) is 0.312. The Morgan fingerprint density at radius 1 is 1.36 bits per heavy atom. The van der Waals surface area contributed by atoms with Crippen molar-refractivity contribution < 1.29 is 0 Å². The van der Waals surface area contributed by atoms with Crippen molar-refractivity contribution in [2.45, 2.75) is 33.1 Å². The molecule has 2 aromatic heterocycles. The van der Waals surface area contributed by atoms with E-state index in [0.29, 0.717) is 10.9 Å². The van der Waals surface area contributed by atoms with Gasteiger partial charge in [-0.25, -0.2) is 9.67 Å². The number of aromatic nitrogens is 4. The van der Waals surface area contributed by atoms with E-state index in [2.05, 4.69) is 18.2 Å². The molecule has 0 saturated carbocycles. The molecule has 3 aromatic rings. The summed E-state index contributed by atoms with van der Waals surface area (Å²) >= 11 is 7.56. The van der Waals surface area contributed by atoms with Gasteiger partial charge in [-0.1, -0.05) is 31.5 Å². The van der Waals surface area contributed by atoms with Gasteiger partial charge in [0, 0.05) is 16.3 Å². The van der Waals surface area contributed by atoms with Crippen molar-refractivity contribution in [1.29, 1.82) is 0 Å². The number of nitrogens with zero attached hydrogens (tertiary/aromatic N) is 4. The quantitative estimate of drug-likeness (QED) is 0.684. The van der Waals surface area contributed by atoms with Crippen LogP contribution >= 0.6 is 23.1 Å². The van der Waals surface area contributed by atoms with Gasteiger partial charge in [0.25, 0.3) is 0 Å². The lowest BCUT2D eigenvalue weighted by Gasteiger charge is -2.05. The first-order valence-corrected chi connectivity index (χ1v) is 8.45. The molecule has 2 heterocycles. The van der Waals surface area contributed by atoms with Crippen LogP contribution in [0.15, 0.2) is 29.6 Å². The van der Waals surface area contributed by atoms with E-state index in [1.54, 1.807) is 0 Å². The topological polar surface area (TPSA) is 43.6 Å². The minimum atomic E-state index is 0.311. The molecule has 0 fully saturated rings. The fourth-order valence-electron chi connectivity index (χ4n) is 2.19. The molecule has 1 atom stereocenters. The number of rotatable bonds is 4. The number of aryl methyl sites for hydroxylation is 1. The van der Waals surface area contributed by atoms with Gasteiger partial charge >= 0.3 is 0 Å². The zero-order valence-corrected chi connectivity index (χ0v) is 14.3. The van der Waals surface area contributed by atoms with Crippen molar-refractivity contribution >= 4 is 23.1 Å². The van der Waals surface area contributed by atoms with Gasteiger partial charge in [-0.2, -0.15) is 9.47 Å². The minimum absolute atomic E-state index is 0.311. The molecule has 0 aliphatic rings. The first-order valence-electron chi connectivity index (χ1n) is 7.24. The van der Waals surface area contributed by atoms with E-state index < -0.39 is 0 Å². The molecule has 22 heavy (non-hydrogen) atoms. The van der Waals surface area contributed by atoms with Crippen LogP contribution in [0.5, 0.6) is 0 Å². The van der Waals surface area contributed by atoms with Crippen LogP contribution < -0.4 is 0 Å². The lowest BCUT2D eigenvalue weighted by atomic mass is 10.1. The summed E-state index contributed by atoms with van der Waals surface area (Å²) in [5, 5.41) is 7.41. The molecule has 0 amide bonds. The van der Waals surface area contributed by atoms with Crippen LogP contribution in [0.4, 0.5) is 0 Å². The molecule has 0 spiro atoms. The van der Waals surface area contributed by atoms with E-state index in [-0.39, 0.29) is 0 Å². The van der Waals surface area contributed by atoms with Gasteiger partial charge in [0.1, 0.15) is 0 Å². The molecular weight excluding hydrogens is 316 g/mol. The second-order valence-corrected chi connectivity index (χ2v) is 6.37. The van der Waals surface area contributed by atoms with Crippen molar-refractivity contribution in [1.82, 2.24) is 19.1 Å². The first kappa shape index (κ1) is 15.2. The molecule has 0 bridgehead atoms. The Morgan fingerprint density at radius 3 is 2.82 bits per heavy atom. The third-order valence-corrected chi connectivity index (χ3v) is 4.68. The summed E-state index contributed by atoms with van der Waals surface area (Å²) in [6.07, 6.45) is 1.000. The average molecular weight is 333 g/mol. The Hall–Kier alpha value is -1.72. The molecule has 0 N–H and O–H groups in total. The Kier molecular flexibility index (Phi) is 4.27. The highest BCUT2D eigenvalue weighted by atomic mass is 35.5. The van der Waals surface area contributed by atoms with Gasteiger partial charge in [-0.3, -0.25) is 0 Å². The molecule has 3 rings (SSSR count). The summed E-state index contributed by atoms with van der Waals surface area (Å²) in [6.45, 7) is 6.27. The first-order chi connectivity index (χ1) is 10.6. The summed E-state index contributed by atoms with van der Waals surface area (Å²) in [7, 11) is 0. The smallest absolute Gasteiger partial charge is 0.166 e.